The van der Waals surface area contributed by atoms with Crippen LogP contribution in [0.25, 0.3) is 11.3 Å². The number of halogens is 2. The topological polar surface area (TPSA) is 109 Å². The molecule has 9 nitrogen and oxygen atoms in total. The lowest BCUT2D eigenvalue weighted by Crippen LogP contribution is -2.47. The van der Waals surface area contributed by atoms with Gasteiger partial charge in [0.25, 0.3) is 0 Å². The third-order valence-electron chi connectivity index (χ3n) is 9.37. The van der Waals surface area contributed by atoms with E-state index in [2.05, 4.69) is 59.4 Å². The van der Waals surface area contributed by atoms with E-state index in [1.165, 1.54) is 11.1 Å². The van der Waals surface area contributed by atoms with Crippen molar-refractivity contribution in [2.75, 3.05) is 45.9 Å². The Morgan fingerprint density at radius 3 is 2.67 bits per heavy atom. The highest BCUT2D eigenvalue weighted by atomic mass is 35.5. The fourth-order valence-electron chi connectivity index (χ4n) is 6.59. The van der Waals surface area contributed by atoms with Gasteiger partial charge in [0, 0.05) is 73.5 Å². The maximum absolute atomic E-state index is 12.1. The SMILES string of the molecule is C[C@H]1COCCN1C[C@H](O)Cn1nc(-c2ccc(Cl)c(C#CC3C=CC(CNCC4=CCC(Cl)C=C4)=CC3)c2)c2c1CCN(C(N)=O)C2. The molecule has 3 heterocycles. The van der Waals surface area contributed by atoms with Crippen LogP contribution in [0.2, 0.25) is 5.02 Å². The van der Waals surface area contributed by atoms with E-state index in [-0.39, 0.29) is 17.3 Å². The molecule has 1 aromatic carbocycles. The fraction of sp³-hybridized carbons (Fsp3) is 0.459. The Hall–Kier alpha value is -3.36. The summed E-state index contributed by atoms with van der Waals surface area (Å²) in [4.78, 5) is 16.0. The molecule has 2 unspecified atom stereocenters. The average Bonchev–Trinajstić information content (AvgIpc) is 3.44. The van der Waals surface area contributed by atoms with Crippen LogP contribution < -0.4 is 11.1 Å². The number of morpholine rings is 1. The molecule has 48 heavy (non-hydrogen) atoms. The van der Waals surface area contributed by atoms with Gasteiger partial charge in [0.1, 0.15) is 0 Å². The van der Waals surface area contributed by atoms with Gasteiger partial charge in [-0.1, -0.05) is 66.0 Å². The van der Waals surface area contributed by atoms with Gasteiger partial charge in [-0.2, -0.15) is 5.10 Å². The largest absolute Gasteiger partial charge is 0.390 e. The summed E-state index contributed by atoms with van der Waals surface area (Å²) in [7, 11) is 0. The number of rotatable bonds is 9. The molecular formula is C37H44Cl2N6O3. The molecule has 11 heteroatoms. The number of β-amino-alcohol motifs (C(OH)–C–C–N with tert-alkyl or cyclic N) is 1. The first-order chi connectivity index (χ1) is 23.2. The molecule has 1 fully saturated rings. The number of fused-ring (bicyclic) bond motifs is 1. The molecule has 6 rings (SSSR count). The van der Waals surface area contributed by atoms with E-state index in [0.29, 0.717) is 50.8 Å². The molecule has 4 aliphatic rings. The van der Waals surface area contributed by atoms with Gasteiger partial charge in [-0.15, -0.1) is 11.6 Å². The number of carbonyl (C=O) groups is 1. The molecule has 254 valence electrons. The van der Waals surface area contributed by atoms with Gasteiger partial charge >= 0.3 is 6.03 Å². The van der Waals surface area contributed by atoms with Gasteiger partial charge in [-0.3, -0.25) is 9.58 Å². The smallest absolute Gasteiger partial charge is 0.315 e. The summed E-state index contributed by atoms with van der Waals surface area (Å²) in [5, 5.41) is 20.3. The quantitative estimate of drug-likeness (QED) is 0.261. The first-order valence-corrected chi connectivity index (χ1v) is 17.6. The second-order valence-corrected chi connectivity index (χ2v) is 13.9. The molecule has 2 aromatic rings. The Kier molecular flexibility index (Phi) is 11.4. The Morgan fingerprint density at radius 2 is 1.96 bits per heavy atom. The summed E-state index contributed by atoms with van der Waals surface area (Å²) in [5.74, 6) is 6.79. The number of nitrogens with zero attached hydrogens (tertiary/aromatic N) is 4. The van der Waals surface area contributed by atoms with Gasteiger partial charge in [-0.25, -0.2) is 4.79 Å². The summed E-state index contributed by atoms with van der Waals surface area (Å²) in [6.07, 6.45) is 14.6. The first-order valence-electron chi connectivity index (χ1n) is 16.8. The van der Waals surface area contributed by atoms with Crippen LogP contribution in [0.15, 0.2) is 65.8 Å². The molecule has 0 bridgehead atoms. The highest BCUT2D eigenvalue weighted by Gasteiger charge is 2.29. The van der Waals surface area contributed by atoms with E-state index < -0.39 is 12.1 Å². The highest BCUT2D eigenvalue weighted by molar-refractivity contribution is 6.31. The van der Waals surface area contributed by atoms with Crippen LogP contribution in [-0.4, -0.2) is 94.2 Å². The van der Waals surface area contributed by atoms with Crippen LogP contribution in [0, 0.1) is 17.8 Å². The molecule has 0 radical (unpaired) electrons. The van der Waals surface area contributed by atoms with Crippen molar-refractivity contribution in [3.8, 4) is 23.1 Å². The van der Waals surface area contributed by atoms with E-state index >= 15 is 0 Å². The standard InChI is InChI=1S/C37H44Cl2N6O3/c1-25-24-48-17-16-43(25)21-32(46)22-45-35-14-15-44(37(40)47)23-33(35)36(42-45)30-10-13-34(39)29(18-30)9-6-26-2-4-27(5-3-26)19-41-20-28-7-11-31(38)12-8-28/h2,4-5,7-8,10-11,13,18,25-26,31-32,41,46H,3,12,14-17,19-24H2,1H3,(H2,40,47)/t25-,26?,31?,32-/m0/s1. The monoisotopic (exact) mass is 690 g/mol. The van der Waals surface area contributed by atoms with Crippen molar-refractivity contribution in [3.63, 3.8) is 0 Å². The number of amides is 2. The molecule has 2 amide bonds. The maximum Gasteiger partial charge on any atom is 0.315 e. The average molecular weight is 692 g/mol. The number of nitrogens with one attached hydrogen (secondary N) is 1. The van der Waals surface area contributed by atoms with Crippen molar-refractivity contribution >= 4 is 29.2 Å². The zero-order valence-electron chi connectivity index (χ0n) is 27.4. The number of alkyl halides is 1. The van der Waals surface area contributed by atoms with Crippen LogP contribution in [0.4, 0.5) is 4.79 Å². The lowest BCUT2D eigenvalue weighted by molar-refractivity contribution is -0.0227. The number of aliphatic hydroxyl groups excluding tert-OH is 1. The number of nitrogens with two attached hydrogens (primary N) is 1. The van der Waals surface area contributed by atoms with E-state index in [1.54, 1.807) is 4.90 Å². The van der Waals surface area contributed by atoms with E-state index in [1.807, 2.05) is 29.0 Å². The number of primary amides is 1. The van der Waals surface area contributed by atoms with Crippen molar-refractivity contribution in [1.29, 1.82) is 0 Å². The van der Waals surface area contributed by atoms with Crippen LogP contribution in [0.5, 0.6) is 0 Å². The lowest BCUT2D eigenvalue weighted by Gasteiger charge is -2.34. The number of allylic oxidation sites excluding steroid dienone is 4. The van der Waals surface area contributed by atoms with Gasteiger partial charge in [0.2, 0.25) is 0 Å². The molecule has 2 aliphatic carbocycles. The molecule has 0 saturated carbocycles. The van der Waals surface area contributed by atoms with Crippen molar-refractivity contribution < 1.29 is 14.6 Å². The molecule has 1 saturated heterocycles. The maximum atomic E-state index is 12.1. The van der Waals surface area contributed by atoms with Crippen molar-refractivity contribution in [3.05, 3.63) is 87.6 Å². The van der Waals surface area contributed by atoms with Crippen LogP contribution >= 0.6 is 23.2 Å². The number of hydrogen-bond donors (Lipinski definition) is 3. The highest BCUT2D eigenvalue weighted by Crippen LogP contribution is 2.32. The molecule has 0 spiro atoms. The first kappa shape index (κ1) is 34.5. The van der Waals surface area contributed by atoms with Crippen LogP contribution in [0.3, 0.4) is 0 Å². The van der Waals surface area contributed by atoms with Crippen molar-refractivity contribution in [1.82, 2.24) is 24.9 Å². The van der Waals surface area contributed by atoms with E-state index in [0.717, 1.165) is 60.6 Å². The van der Waals surface area contributed by atoms with Gasteiger partial charge in [0.05, 0.1) is 48.5 Å². The zero-order chi connectivity index (χ0) is 33.6. The van der Waals surface area contributed by atoms with Crippen LogP contribution in [0.1, 0.15) is 36.6 Å². The molecular weight excluding hydrogens is 647 g/mol. The third-order valence-corrected chi connectivity index (χ3v) is 10.0. The van der Waals surface area contributed by atoms with Gasteiger partial charge < -0.3 is 25.8 Å². The van der Waals surface area contributed by atoms with E-state index in [4.69, 9.17) is 38.8 Å². The zero-order valence-corrected chi connectivity index (χ0v) is 28.9. The lowest BCUT2D eigenvalue weighted by atomic mass is 9.96. The number of urea groups is 1. The number of aliphatic hydroxyl groups is 1. The Balaban J connectivity index is 1.14. The summed E-state index contributed by atoms with van der Waals surface area (Å²) in [6, 6.07) is 5.54. The minimum Gasteiger partial charge on any atom is -0.390 e. The Labute approximate surface area is 293 Å². The summed E-state index contributed by atoms with van der Waals surface area (Å²) in [5.41, 5.74) is 12.5. The van der Waals surface area contributed by atoms with Crippen LogP contribution in [-0.2, 0) is 24.2 Å². The van der Waals surface area contributed by atoms with Crippen molar-refractivity contribution in [2.24, 2.45) is 11.7 Å². The summed E-state index contributed by atoms with van der Waals surface area (Å²) < 4.78 is 7.46. The number of ether oxygens (including phenoxy) is 1. The number of hydrogen-bond acceptors (Lipinski definition) is 6. The molecule has 4 N–H and O–H groups in total. The fourth-order valence-corrected chi connectivity index (χ4v) is 6.91. The minimum atomic E-state index is -0.609. The molecule has 4 atom stereocenters. The Morgan fingerprint density at radius 1 is 1.17 bits per heavy atom. The number of aromatic nitrogens is 2. The second kappa shape index (κ2) is 15.9. The summed E-state index contributed by atoms with van der Waals surface area (Å²) >= 11 is 12.8. The van der Waals surface area contributed by atoms with Gasteiger partial charge in [-0.05, 0) is 43.0 Å². The minimum absolute atomic E-state index is 0.0879. The van der Waals surface area contributed by atoms with E-state index in [9.17, 15) is 9.90 Å². The molecule has 2 aliphatic heterocycles. The van der Waals surface area contributed by atoms with Gasteiger partial charge in [0.15, 0.2) is 0 Å². The normalized spacial score (nSPS) is 23.2. The number of benzene rings is 1. The predicted molar refractivity (Wildman–Crippen MR) is 191 cm³/mol. The summed E-state index contributed by atoms with van der Waals surface area (Å²) in [6.45, 7) is 7.62. The Bertz CT molecular complexity index is 1690. The number of carbonyl (C=O) groups excluding carboxylic acids is 1. The van der Waals surface area contributed by atoms with Crippen molar-refractivity contribution in [2.45, 2.75) is 56.8 Å². The second-order valence-electron chi connectivity index (χ2n) is 13.0. The predicted octanol–water partition coefficient (Wildman–Crippen LogP) is 4.66. The third kappa shape index (κ3) is 8.61. The molecule has 1 aromatic heterocycles.